The second kappa shape index (κ2) is 8.39. The molecular weight excluding hydrogens is 317 g/mol. The second-order valence-electron chi connectivity index (χ2n) is 5.34. The van der Waals surface area contributed by atoms with E-state index in [4.69, 9.17) is 0 Å². The molecule has 1 saturated heterocycles. The largest absolute Gasteiger partial charge is 0.408 e. The minimum Gasteiger partial charge on any atom is -0.344 e. The molecule has 2 N–H and O–H groups in total. The summed E-state index contributed by atoms with van der Waals surface area (Å²) in [6.45, 7) is 1.26. The fourth-order valence-electron chi connectivity index (χ4n) is 2.46. The third kappa shape index (κ3) is 5.50. The lowest BCUT2D eigenvalue weighted by atomic mass is 9.97. The fourth-order valence-corrected chi connectivity index (χ4v) is 2.46. The standard InChI is InChI=1S/C15H19F3N2O.ClH/c16-15(17,18)13(9-11-5-2-1-3-6-11)20-14(21)12-7-4-8-19-10-12;/h1-3,5-6,12-13,19H,4,7-10H2,(H,20,21);1H. The van der Waals surface area contributed by atoms with Crippen LogP contribution in [0.5, 0.6) is 0 Å². The maximum atomic E-state index is 13.1. The quantitative estimate of drug-likeness (QED) is 0.887. The molecule has 124 valence electrons. The first-order valence-electron chi connectivity index (χ1n) is 7.08. The number of carbonyl (C=O) groups is 1. The number of carbonyl (C=O) groups excluding carboxylic acids is 1. The zero-order valence-corrected chi connectivity index (χ0v) is 12.8. The highest BCUT2D eigenvalue weighted by Gasteiger charge is 2.41. The fraction of sp³-hybridized carbons (Fsp3) is 0.533. The molecule has 1 aromatic carbocycles. The summed E-state index contributed by atoms with van der Waals surface area (Å²) in [5, 5.41) is 5.21. The number of benzene rings is 1. The Morgan fingerprint density at radius 2 is 2.00 bits per heavy atom. The highest BCUT2D eigenvalue weighted by Crippen LogP contribution is 2.24. The maximum Gasteiger partial charge on any atom is 0.408 e. The van der Waals surface area contributed by atoms with Crippen molar-refractivity contribution in [2.45, 2.75) is 31.5 Å². The number of alkyl halides is 3. The Bertz CT molecular complexity index is 462. The first-order chi connectivity index (χ1) is 9.97. The van der Waals surface area contributed by atoms with Gasteiger partial charge >= 0.3 is 6.18 Å². The van der Waals surface area contributed by atoms with E-state index in [9.17, 15) is 18.0 Å². The van der Waals surface area contributed by atoms with Crippen molar-refractivity contribution >= 4 is 18.3 Å². The van der Waals surface area contributed by atoms with E-state index in [0.29, 0.717) is 18.5 Å². The van der Waals surface area contributed by atoms with E-state index >= 15 is 0 Å². The average molecular weight is 337 g/mol. The van der Waals surface area contributed by atoms with Crippen molar-refractivity contribution in [1.29, 1.82) is 0 Å². The average Bonchev–Trinajstić information content (AvgIpc) is 2.47. The summed E-state index contributed by atoms with van der Waals surface area (Å²) < 4.78 is 39.3. The van der Waals surface area contributed by atoms with Crippen LogP contribution in [-0.4, -0.2) is 31.2 Å². The van der Waals surface area contributed by atoms with Gasteiger partial charge in [-0.05, 0) is 24.9 Å². The third-order valence-electron chi connectivity index (χ3n) is 3.66. The molecule has 2 atom stereocenters. The Labute approximate surface area is 134 Å². The zero-order chi connectivity index (χ0) is 15.3. The number of piperidine rings is 1. The van der Waals surface area contributed by atoms with E-state index in [1.165, 1.54) is 0 Å². The lowest BCUT2D eigenvalue weighted by Crippen LogP contribution is -2.51. The van der Waals surface area contributed by atoms with E-state index in [-0.39, 0.29) is 24.7 Å². The van der Waals surface area contributed by atoms with Crippen LogP contribution in [0.4, 0.5) is 13.2 Å². The van der Waals surface area contributed by atoms with Crippen molar-refractivity contribution in [3.63, 3.8) is 0 Å². The van der Waals surface area contributed by atoms with Crippen LogP contribution in [-0.2, 0) is 11.2 Å². The molecule has 1 fully saturated rings. The summed E-state index contributed by atoms with van der Waals surface area (Å²) in [6, 6.07) is 6.55. The first-order valence-corrected chi connectivity index (χ1v) is 7.08. The number of nitrogens with one attached hydrogen (secondary N) is 2. The molecule has 3 nitrogen and oxygen atoms in total. The van der Waals surface area contributed by atoms with E-state index in [1.54, 1.807) is 30.3 Å². The molecule has 7 heteroatoms. The molecule has 1 heterocycles. The van der Waals surface area contributed by atoms with Crippen LogP contribution in [0.2, 0.25) is 0 Å². The van der Waals surface area contributed by atoms with Gasteiger partial charge in [-0.15, -0.1) is 12.4 Å². The molecule has 2 unspecified atom stereocenters. The van der Waals surface area contributed by atoms with Gasteiger partial charge in [0, 0.05) is 13.0 Å². The van der Waals surface area contributed by atoms with Gasteiger partial charge in [0.1, 0.15) is 6.04 Å². The van der Waals surface area contributed by atoms with Crippen LogP contribution in [0.3, 0.4) is 0 Å². The van der Waals surface area contributed by atoms with Crippen molar-refractivity contribution in [3.8, 4) is 0 Å². The van der Waals surface area contributed by atoms with Gasteiger partial charge in [-0.2, -0.15) is 13.2 Å². The normalized spacial score (nSPS) is 19.9. The molecule has 0 aromatic heterocycles. The second-order valence-corrected chi connectivity index (χ2v) is 5.34. The van der Waals surface area contributed by atoms with E-state index in [0.717, 1.165) is 13.0 Å². The molecule has 0 spiro atoms. The third-order valence-corrected chi connectivity index (χ3v) is 3.66. The summed E-state index contributed by atoms with van der Waals surface area (Å²) in [6.07, 6.45) is -3.24. The lowest BCUT2D eigenvalue weighted by Gasteiger charge is -2.27. The summed E-state index contributed by atoms with van der Waals surface area (Å²) in [5.41, 5.74) is 0.557. The van der Waals surface area contributed by atoms with Gasteiger partial charge in [0.25, 0.3) is 0 Å². The first kappa shape index (κ1) is 18.8. The molecule has 22 heavy (non-hydrogen) atoms. The van der Waals surface area contributed by atoms with Gasteiger partial charge in [-0.1, -0.05) is 30.3 Å². The van der Waals surface area contributed by atoms with Crippen LogP contribution in [0.1, 0.15) is 18.4 Å². The van der Waals surface area contributed by atoms with Crippen molar-refractivity contribution < 1.29 is 18.0 Å². The van der Waals surface area contributed by atoms with E-state index in [1.807, 2.05) is 0 Å². The van der Waals surface area contributed by atoms with Crippen LogP contribution in [0.15, 0.2) is 30.3 Å². The number of rotatable bonds is 4. The summed E-state index contributed by atoms with van der Waals surface area (Å²) >= 11 is 0. The van der Waals surface area contributed by atoms with Gasteiger partial charge in [-0.25, -0.2) is 0 Å². The molecule has 1 aliphatic rings. The minimum atomic E-state index is -4.45. The molecule has 0 saturated carbocycles. The van der Waals surface area contributed by atoms with Crippen molar-refractivity contribution in [2.75, 3.05) is 13.1 Å². The van der Waals surface area contributed by atoms with E-state index < -0.39 is 18.1 Å². The molecule has 2 rings (SSSR count). The van der Waals surface area contributed by atoms with Crippen LogP contribution < -0.4 is 10.6 Å². The van der Waals surface area contributed by atoms with Crippen LogP contribution >= 0.6 is 12.4 Å². The summed E-state index contributed by atoms with van der Waals surface area (Å²) in [7, 11) is 0. The summed E-state index contributed by atoms with van der Waals surface area (Å²) in [4.78, 5) is 12.0. The molecule has 1 aromatic rings. The Balaban J connectivity index is 0.00000242. The predicted molar refractivity (Wildman–Crippen MR) is 81.0 cm³/mol. The van der Waals surface area contributed by atoms with Gasteiger partial charge in [0.05, 0.1) is 5.92 Å². The van der Waals surface area contributed by atoms with E-state index in [2.05, 4.69) is 10.6 Å². The maximum absolute atomic E-state index is 13.1. The van der Waals surface area contributed by atoms with Gasteiger partial charge in [0.2, 0.25) is 5.91 Å². The Hall–Kier alpha value is -1.27. The number of amides is 1. The zero-order valence-electron chi connectivity index (χ0n) is 12.0. The molecule has 1 aliphatic heterocycles. The Morgan fingerprint density at radius 1 is 1.32 bits per heavy atom. The molecular formula is C15H20ClF3N2O. The van der Waals surface area contributed by atoms with Crippen molar-refractivity contribution in [2.24, 2.45) is 5.92 Å². The highest BCUT2D eigenvalue weighted by atomic mass is 35.5. The lowest BCUT2D eigenvalue weighted by molar-refractivity contribution is -0.162. The summed E-state index contributed by atoms with van der Waals surface area (Å²) in [5.74, 6) is -0.889. The van der Waals surface area contributed by atoms with Crippen molar-refractivity contribution in [3.05, 3.63) is 35.9 Å². The topological polar surface area (TPSA) is 41.1 Å². The SMILES string of the molecule is Cl.O=C(NC(Cc1ccccc1)C(F)(F)F)C1CCCNC1. The number of halogens is 4. The molecule has 0 radical (unpaired) electrons. The number of hydrogen-bond acceptors (Lipinski definition) is 2. The molecule has 0 bridgehead atoms. The van der Waals surface area contributed by atoms with Gasteiger partial charge in [-0.3, -0.25) is 4.79 Å². The van der Waals surface area contributed by atoms with Crippen molar-refractivity contribution in [1.82, 2.24) is 10.6 Å². The highest BCUT2D eigenvalue weighted by molar-refractivity contribution is 5.85. The Morgan fingerprint density at radius 3 is 2.55 bits per heavy atom. The molecule has 0 aliphatic carbocycles. The van der Waals surface area contributed by atoms with Gasteiger partial charge < -0.3 is 10.6 Å². The minimum absolute atomic E-state index is 0. The number of hydrogen-bond donors (Lipinski definition) is 2. The smallest absolute Gasteiger partial charge is 0.344 e. The Kier molecular flexibility index (Phi) is 7.16. The van der Waals surface area contributed by atoms with Crippen LogP contribution in [0, 0.1) is 5.92 Å². The monoisotopic (exact) mass is 336 g/mol. The molecule has 1 amide bonds. The predicted octanol–water partition coefficient (Wildman–Crippen LogP) is 2.70. The van der Waals surface area contributed by atoms with Crippen LogP contribution in [0.25, 0.3) is 0 Å². The van der Waals surface area contributed by atoms with Gasteiger partial charge in [0.15, 0.2) is 0 Å².